The predicted octanol–water partition coefficient (Wildman–Crippen LogP) is -1.78. The number of rotatable bonds is 5. The van der Waals surface area contributed by atoms with Crippen molar-refractivity contribution in [3.63, 3.8) is 0 Å². The molecule has 0 aliphatic carbocycles. The Morgan fingerprint density at radius 2 is 2.14 bits per heavy atom. The average molecular weight is 305 g/mol. The fourth-order valence-corrected chi connectivity index (χ4v) is 2.43. The Morgan fingerprint density at radius 1 is 1.36 bits per heavy atom. The first-order valence-corrected chi connectivity index (χ1v) is 7.43. The van der Waals surface area contributed by atoms with Gasteiger partial charge in [-0.2, -0.15) is 0 Å². The van der Waals surface area contributed by atoms with E-state index in [2.05, 4.69) is 27.1 Å². The molecule has 0 saturated carbocycles. The van der Waals surface area contributed by atoms with Gasteiger partial charge in [-0.15, -0.1) is 6.58 Å². The van der Waals surface area contributed by atoms with Crippen molar-refractivity contribution in [3.05, 3.63) is 37.1 Å². The summed E-state index contributed by atoms with van der Waals surface area (Å²) >= 11 is 0. The molecule has 3 amide bonds. The van der Waals surface area contributed by atoms with Crippen LogP contribution in [0.2, 0.25) is 0 Å². The Balaban J connectivity index is 1.72. The Hall–Kier alpha value is -2.41. The number of aromatic amines is 1. The van der Waals surface area contributed by atoms with Gasteiger partial charge >= 0.3 is 6.03 Å². The molecule has 1 fully saturated rings. The number of imide groups is 1. The number of urea groups is 1. The van der Waals surface area contributed by atoms with E-state index in [4.69, 9.17) is 0 Å². The lowest BCUT2D eigenvalue weighted by Gasteiger charge is -2.27. The van der Waals surface area contributed by atoms with Crippen LogP contribution >= 0.6 is 0 Å². The molecule has 1 saturated heterocycles. The van der Waals surface area contributed by atoms with Gasteiger partial charge in [0.25, 0.3) is 11.7 Å². The van der Waals surface area contributed by atoms with E-state index < -0.39 is 6.03 Å². The second-order valence-electron chi connectivity index (χ2n) is 5.21. The van der Waals surface area contributed by atoms with E-state index in [1.807, 2.05) is 24.4 Å². The van der Waals surface area contributed by atoms with Gasteiger partial charge in [-0.05, 0) is 6.07 Å². The number of piperazine rings is 1. The number of hydrogen-bond donors (Lipinski definition) is 3. The molecule has 1 aliphatic rings. The molecule has 1 aromatic rings. The lowest BCUT2D eigenvalue weighted by Crippen LogP contribution is -3.16. The van der Waals surface area contributed by atoms with Crippen molar-refractivity contribution >= 4 is 17.8 Å². The molecular formula is C15H23N5O2+2. The van der Waals surface area contributed by atoms with Crippen LogP contribution in [0.25, 0.3) is 0 Å². The summed E-state index contributed by atoms with van der Waals surface area (Å²) in [6.45, 7) is 7.65. The number of amides is 3. The van der Waals surface area contributed by atoms with Gasteiger partial charge in [0.2, 0.25) is 0 Å². The van der Waals surface area contributed by atoms with Crippen LogP contribution < -0.4 is 25.4 Å². The normalized spacial score (nSPS) is 15.2. The minimum Gasteiger partial charge on any atom is -0.334 e. The molecule has 7 nitrogen and oxygen atoms in total. The Morgan fingerprint density at radius 3 is 2.77 bits per heavy atom. The first-order chi connectivity index (χ1) is 10.7. The molecule has 2 heterocycles. The highest BCUT2D eigenvalue weighted by molar-refractivity contribution is 5.94. The van der Waals surface area contributed by atoms with Gasteiger partial charge in [-0.1, -0.05) is 12.1 Å². The van der Waals surface area contributed by atoms with Crippen LogP contribution in [0.1, 0.15) is 0 Å². The number of nitrogens with one attached hydrogen (secondary N) is 4. The molecule has 0 unspecified atom stereocenters. The molecule has 7 heteroatoms. The number of hydrogen-bond acceptors (Lipinski definition) is 3. The summed E-state index contributed by atoms with van der Waals surface area (Å²) in [5.74, 6) is 0.839. The number of anilines is 1. The summed E-state index contributed by atoms with van der Waals surface area (Å²) in [4.78, 5) is 29.8. The van der Waals surface area contributed by atoms with Crippen LogP contribution in [0, 0.1) is 0 Å². The van der Waals surface area contributed by atoms with Crippen LogP contribution in [-0.4, -0.2) is 51.2 Å². The van der Waals surface area contributed by atoms with E-state index >= 15 is 0 Å². The molecule has 1 aromatic heterocycles. The molecule has 4 N–H and O–H groups in total. The second kappa shape index (κ2) is 8.14. The van der Waals surface area contributed by atoms with Gasteiger partial charge in [0, 0.05) is 12.6 Å². The Kier molecular flexibility index (Phi) is 5.91. The van der Waals surface area contributed by atoms with E-state index in [9.17, 15) is 9.59 Å². The third-order valence-electron chi connectivity index (χ3n) is 3.57. The quantitative estimate of drug-likeness (QED) is 0.563. The predicted molar refractivity (Wildman–Crippen MR) is 82.5 cm³/mol. The van der Waals surface area contributed by atoms with Gasteiger partial charge < -0.3 is 10.2 Å². The molecule has 0 aromatic carbocycles. The smallest absolute Gasteiger partial charge is 0.321 e. The van der Waals surface area contributed by atoms with Crippen LogP contribution in [0.15, 0.2) is 37.1 Å². The van der Waals surface area contributed by atoms with E-state index in [1.54, 1.807) is 6.08 Å². The lowest BCUT2D eigenvalue weighted by atomic mass is 10.3. The van der Waals surface area contributed by atoms with E-state index in [0.29, 0.717) is 13.1 Å². The molecule has 1 aliphatic heterocycles. The lowest BCUT2D eigenvalue weighted by molar-refractivity contribution is -0.892. The third kappa shape index (κ3) is 4.85. The summed E-state index contributed by atoms with van der Waals surface area (Å²) in [6, 6.07) is 5.52. The average Bonchev–Trinajstić information content (AvgIpc) is 2.54. The number of carbonyl (C=O) groups is 2. The number of H-pyrrole nitrogens is 1. The molecule has 0 radical (unpaired) electrons. The van der Waals surface area contributed by atoms with Crippen molar-refractivity contribution < 1.29 is 19.5 Å². The number of carbonyl (C=O) groups excluding carboxylic acids is 2. The fourth-order valence-electron chi connectivity index (χ4n) is 2.43. The second-order valence-corrected chi connectivity index (χ2v) is 5.21. The highest BCUT2D eigenvalue weighted by atomic mass is 16.2. The highest BCUT2D eigenvalue weighted by Gasteiger charge is 2.27. The van der Waals surface area contributed by atoms with Crippen molar-refractivity contribution in [2.75, 3.05) is 44.2 Å². The minimum absolute atomic E-state index is 0.253. The zero-order valence-corrected chi connectivity index (χ0v) is 12.6. The number of aromatic nitrogens is 1. The van der Waals surface area contributed by atoms with Gasteiger partial charge in [0.05, 0.1) is 6.20 Å². The maximum absolute atomic E-state index is 11.8. The Bertz CT molecular complexity index is 512. The zero-order valence-electron chi connectivity index (χ0n) is 12.6. The summed E-state index contributed by atoms with van der Waals surface area (Å²) in [7, 11) is 0. The topological polar surface area (TPSA) is 80.0 Å². The fraction of sp³-hybridized carbons (Fsp3) is 0.400. The van der Waals surface area contributed by atoms with Crippen LogP contribution in [-0.2, 0) is 4.79 Å². The van der Waals surface area contributed by atoms with Crippen molar-refractivity contribution in [3.8, 4) is 0 Å². The number of pyridine rings is 1. The van der Waals surface area contributed by atoms with Gasteiger partial charge in [-0.3, -0.25) is 15.0 Å². The molecule has 0 spiro atoms. The maximum Gasteiger partial charge on any atom is 0.321 e. The van der Waals surface area contributed by atoms with Crippen molar-refractivity contribution in [1.82, 2.24) is 10.6 Å². The summed E-state index contributed by atoms with van der Waals surface area (Å²) in [5, 5.41) is 4.85. The summed E-state index contributed by atoms with van der Waals surface area (Å²) in [5.41, 5.74) is 0. The molecule has 118 valence electrons. The SMILES string of the molecule is C=CCNC(=O)NC(=O)C[NH+]1CCN(c2cccc[nH+]2)CC1. The third-order valence-corrected chi connectivity index (χ3v) is 3.57. The van der Waals surface area contributed by atoms with Gasteiger partial charge in [-0.25, -0.2) is 9.78 Å². The van der Waals surface area contributed by atoms with Crippen molar-refractivity contribution in [1.29, 1.82) is 0 Å². The van der Waals surface area contributed by atoms with E-state index in [-0.39, 0.29) is 5.91 Å². The molecule has 0 atom stereocenters. The molecule has 2 rings (SSSR count). The molecule has 22 heavy (non-hydrogen) atoms. The largest absolute Gasteiger partial charge is 0.334 e. The standard InChI is InChI=1S/C15H21N5O2/c1-2-6-17-15(22)18-14(21)12-19-8-10-20(11-9-19)13-5-3-4-7-16-13/h2-5,7H,1,6,8-12H2,(H2,17,18,21,22)/p+2. The zero-order chi connectivity index (χ0) is 15.8. The molecule has 0 bridgehead atoms. The van der Waals surface area contributed by atoms with E-state index in [1.165, 1.54) is 4.90 Å². The summed E-state index contributed by atoms with van der Waals surface area (Å²) in [6.07, 6.45) is 3.47. The number of nitrogens with zero attached hydrogens (tertiary/aromatic N) is 1. The van der Waals surface area contributed by atoms with Crippen molar-refractivity contribution in [2.45, 2.75) is 0 Å². The number of quaternary nitrogens is 1. The Labute approximate surface area is 130 Å². The first-order valence-electron chi connectivity index (χ1n) is 7.43. The maximum atomic E-state index is 11.8. The van der Waals surface area contributed by atoms with Crippen LogP contribution in [0.3, 0.4) is 0 Å². The van der Waals surface area contributed by atoms with Gasteiger partial charge in [0.15, 0.2) is 6.54 Å². The minimum atomic E-state index is -0.471. The van der Waals surface area contributed by atoms with Crippen LogP contribution in [0.4, 0.5) is 10.6 Å². The first kappa shape index (κ1) is 16.0. The van der Waals surface area contributed by atoms with Gasteiger partial charge in [0.1, 0.15) is 26.2 Å². The monoisotopic (exact) mass is 305 g/mol. The highest BCUT2D eigenvalue weighted by Crippen LogP contribution is 2.04. The summed E-state index contributed by atoms with van der Waals surface area (Å²) < 4.78 is 0. The van der Waals surface area contributed by atoms with E-state index in [0.717, 1.165) is 32.0 Å². The molecular weight excluding hydrogens is 282 g/mol. The van der Waals surface area contributed by atoms with Crippen molar-refractivity contribution in [2.24, 2.45) is 0 Å². The van der Waals surface area contributed by atoms with Crippen LogP contribution in [0.5, 0.6) is 0 Å².